The van der Waals surface area contributed by atoms with Gasteiger partial charge >= 0.3 is 0 Å². The molecule has 1 atom stereocenters. The lowest BCUT2D eigenvalue weighted by molar-refractivity contribution is -0.140. The van der Waals surface area contributed by atoms with E-state index in [0.717, 1.165) is 5.56 Å². The van der Waals surface area contributed by atoms with E-state index in [9.17, 15) is 14.7 Å². The van der Waals surface area contributed by atoms with Gasteiger partial charge in [-0.05, 0) is 36.8 Å². The maximum Gasteiger partial charge on any atom is 0.296 e. The highest BCUT2D eigenvalue weighted by Crippen LogP contribution is 2.43. The lowest BCUT2D eigenvalue weighted by Crippen LogP contribution is -2.29. The minimum absolute atomic E-state index is 0.0281. The summed E-state index contributed by atoms with van der Waals surface area (Å²) in [6, 6.07) is 14.4. The van der Waals surface area contributed by atoms with Gasteiger partial charge < -0.3 is 14.4 Å². The SMILES string of the molecule is Cc1ccc(/C(O)=C2\C(=O)C(=O)N(Cc3ccco3)[C@@H]2c2ccc(Cl)cc2Cl)cc1. The number of Topliss-reactive ketones (excluding diaryl/α,β-unsaturated/α-hetero) is 1. The molecule has 0 radical (unpaired) electrons. The maximum atomic E-state index is 13.0. The van der Waals surface area contributed by atoms with E-state index in [0.29, 0.717) is 21.9 Å². The summed E-state index contributed by atoms with van der Waals surface area (Å²) in [5, 5.41) is 11.7. The number of aliphatic hydroxyl groups excluding tert-OH is 1. The smallest absolute Gasteiger partial charge is 0.296 e. The summed E-state index contributed by atoms with van der Waals surface area (Å²) < 4.78 is 5.37. The second kappa shape index (κ2) is 8.01. The quantitative estimate of drug-likeness (QED) is 0.328. The first-order valence-corrected chi connectivity index (χ1v) is 9.95. The average Bonchev–Trinajstić information content (AvgIpc) is 3.31. The Morgan fingerprint density at radius 3 is 2.47 bits per heavy atom. The number of aliphatic hydroxyl groups is 1. The van der Waals surface area contributed by atoms with Crippen LogP contribution in [0.1, 0.15) is 28.5 Å². The Labute approximate surface area is 183 Å². The van der Waals surface area contributed by atoms with Crippen LogP contribution in [0.4, 0.5) is 0 Å². The van der Waals surface area contributed by atoms with Crippen molar-refractivity contribution in [1.82, 2.24) is 4.90 Å². The summed E-state index contributed by atoms with van der Waals surface area (Å²) in [7, 11) is 0. The van der Waals surface area contributed by atoms with E-state index in [1.54, 1.807) is 36.4 Å². The Kier molecular flexibility index (Phi) is 5.41. The maximum absolute atomic E-state index is 13.0. The van der Waals surface area contributed by atoms with Gasteiger partial charge in [0.2, 0.25) is 0 Å². The fourth-order valence-corrected chi connectivity index (χ4v) is 4.04. The van der Waals surface area contributed by atoms with Crippen molar-refractivity contribution < 1.29 is 19.1 Å². The highest BCUT2D eigenvalue weighted by molar-refractivity contribution is 6.47. The average molecular weight is 442 g/mol. The van der Waals surface area contributed by atoms with E-state index in [1.807, 2.05) is 19.1 Å². The number of hydrogen-bond donors (Lipinski definition) is 1. The summed E-state index contributed by atoms with van der Waals surface area (Å²) in [5.74, 6) is -1.28. The Morgan fingerprint density at radius 1 is 1.10 bits per heavy atom. The molecule has 3 aromatic rings. The van der Waals surface area contributed by atoms with Crippen molar-refractivity contribution in [3.05, 3.63) is 98.9 Å². The second-order valence-corrected chi connectivity index (χ2v) is 7.88. The largest absolute Gasteiger partial charge is 0.507 e. The molecule has 1 amide bonds. The van der Waals surface area contributed by atoms with E-state index < -0.39 is 17.7 Å². The van der Waals surface area contributed by atoms with Crippen molar-refractivity contribution in [3.63, 3.8) is 0 Å². The molecular weight excluding hydrogens is 425 g/mol. The molecule has 0 bridgehead atoms. The fourth-order valence-electron chi connectivity index (χ4n) is 3.53. The van der Waals surface area contributed by atoms with Crippen LogP contribution in [0.5, 0.6) is 0 Å². The van der Waals surface area contributed by atoms with Gasteiger partial charge in [0.1, 0.15) is 11.5 Å². The predicted octanol–water partition coefficient (Wildman–Crippen LogP) is 5.52. The molecule has 0 spiro atoms. The molecule has 1 saturated heterocycles. The lowest BCUT2D eigenvalue weighted by Gasteiger charge is -2.25. The van der Waals surface area contributed by atoms with Crippen molar-refractivity contribution >= 4 is 40.7 Å². The van der Waals surface area contributed by atoms with Gasteiger partial charge in [0.05, 0.1) is 24.4 Å². The molecule has 4 rings (SSSR count). The Morgan fingerprint density at radius 2 is 1.83 bits per heavy atom. The third-order valence-corrected chi connectivity index (χ3v) is 5.59. The first-order chi connectivity index (χ1) is 14.4. The zero-order chi connectivity index (χ0) is 21.4. The summed E-state index contributed by atoms with van der Waals surface area (Å²) >= 11 is 12.5. The fraction of sp³-hybridized carbons (Fsp3) is 0.130. The van der Waals surface area contributed by atoms with Gasteiger partial charge in [0.15, 0.2) is 0 Å². The predicted molar refractivity (Wildman–Crippen MR) is 114 cm³/mol. The molecule has 1 N–H and O–H groups in total. The van der Waals surface area contributed by atoms with Crippen LogP contribution in [0.3, 0.4) is 0 Å². The van der Waals surface area contributed by atoms with Gasteiger partial charge in [-0.2, -0.15) is 0 Å². The van der Waals surface area contributed by atoms with Gasteiger partial charge in [-0.1, -0.05) is 59.1 Å². The van der Waals surface area contributed by atoms with Crippen molar-refractivity contribution in [2.24, 2.45) is 0 Å². The van der Waals surface area contributed by atoms with E-state index in [4.69, 9.17) is 27.6 Å². The summed E-state index contributed by atoms with van der Waals surface area (Å²) in [6.45, 7) is 1.96. The number of furan rings is 1. The van der Waals surface area contributed by atoms with Crippen molar-refractivity contribution in [3.8, 4) is 0 Å². The summed E-state index contributed by atoms with van der Waals surface area (Å²) in [5.41, 5.74) is 1.90. The Bertz CT molecular complexity index is 1150. The van der Waals surface area contributed by atoms with E-state index >= 15 is 0 Å². The first kappa shape index (κ1) is 20.3. The zero-order valence-corrected chi connectivity index (χ0v) is 17.4. The van der Waals surface area contributed by atoms with Crippen LogP contribution in [-0.4, -0.2) is 21.7 Å². The van der Waals surface area contributed by atoms with Gasteiger partial charge in [-0.25, -0.2) is 0 Å². The molecule has 152 valence electrons. The van der Waals surface area contributed by atoms with Gasteiger partial charge in [-0.3, -0.25) is 9.59 Å². The van der Waals surface area contributed by atoms with Crippen LogP contribution in [0.25, 0.3) is 5.76 Å². The minimum Gasteiger partial charge on any atom is -0.507 e. The molecule has 1 aromatic heterocycles. The number of ketones is 1. The number of halogens is 2. The summed E-state index contributed by atoms with van der Waals surface area (Å²) in [4.78, 5) is 27.2. The van der Waals surface area contributed by atoms with Gasteiger partial charge in [0.25, 0.3) is 11.7 Å². The molecule has 1 aliphatic heterocycles. The Balaban J connectivity index is 1.90. The van der Waals surface area contributed by atoms with Crippen LogP contribution in [0.15, 0.2) is 70.9 Å². The van der Waals surface area contributed by atoms with Gasteiger partial charge in [0, 0.05) is 15.6 Å². The van der Waals surface area contributed by atoms with Crippen molar-refractivity contribution in [1.29, 1.82) is 0 Å². The number of benzene rings is 2. The highest BCUT2D eigenvalue weighted by Gasteiger charge is 2.47. The number of aryl methyl sites for hydroxylation is 1. The van der Waals surface area contributed by atoms with Crippen molar-refractivity contribution in [2.75, 3.05) is 0 Å². The van der Waals surface area contributed by atoms with Crippen LogP contribution < -0.4 is 0 Å². The highest BCUT2D eigenvalue weighted by atomic mass is 35.5. The van der Waals surface area contributed by atoms with Crippen LogP contribution >= 0.6 is 23.2 Å². The van der Waals surface area contributed by atoms with E-state index in [-0.39, 0.29) is 22.9 Å². The third-order valence-electron chi connectivity index (χ3n) is 5.03. The van der Waals surface area contributed by atoms with Crippen LogP contribution in [0.2, 0.25) is 10.0 Å². The molecule has 7 heteroatoms. The number of amides is 1. The number of rotatable bonds is 4. The topological polar surface area (TPSA) is 70.8 Å². The number of carbonyl (C=O) groups is 2. The second-order valence-electron chi connectivity index (χ2n) is 7.04. The van der Waals surface area contributed by atoms with Crippen LogP contribution in [-0.2, 0) is 16.1 Å². The first-order valence-electron chi connectivity index (χ1n) is 9.19. The molecule has 1 aliphatic rings. The third kappa shape index (κ3) is 3.62. The van der Waals surface area contributed by atoms with E-state index in [1.165, 1.54) is 17.2 Å². The molecular formula is C23H17Cl2NO4. The number of nitrogens with zero attached hydrogens (tertiary/aromatic N) is 1. The zero-order valence-electron chi connectivity index (χ0n) is 15.9. The lowest BCUT2D eigenvalue weighted by atomic mass is 9.95. The van der Waals surface area contributed by atoms with Crippen LogP contribution in [0, 0.1) is 6.92 Å². The number of carbonyl (C=O) groups excluding carboxylic acids is 2. The molecule has 1 fully saturated rings. The molecule has 2 heterocycles. The number of likely N-dealkylation sites (tertiary alicyclic amines) is 1. The molecule has 0 aliphatic carbocycles. The molecule has 2 aromatic carbocycles. The van der Waals surface area contributed by atoms with Gasteiger partial charge in [-0.15, -0.1) is 0 Å². The number of hydrogen-bond acceptors (Lipinski definition) is 4. The van der Waals surface area contributed by atoms with Crippen molar-refractivity contribution in [2.45, 2.75) is 19.5 Å². The molecule has 0 unspecified atom stereocenters. The monoisotopic (exact) mass is 441 g/mol. The molecule has 0 saturated carbocycles. The molecule has 5 nitrogen and oxygen atoms in total. The standard InChI is InChI=1S/C23H17Cl2NO4/c1-13-4-6-14(7-5-13)21(27)19-20(17-9-8-15(24)11-18(17)25)26(23(29)22(19)28)12-16-3-2-10-30-16/h2-11,20,27H,12H2,1H3/b21-19+/t20-/m1/s1. The Hall–Kier alpha value is -3.02. The van der Waals surface area contributed by atoms with E-state index in [2.05, 4.69) is 0 Å². The minimum atomic E-state index is -0.888. The normalized spacial score (nSPS) is 18.2. The molecule has 30 heavy (non-hydrogen) atoms. The summed E-state index contributed by atoms with van der Waals surface area (Å²) in [6.07, 6.45) is 1.49.